The van der Waals surface area contributed by atoms with Crippen molar-refractivity contribution in [2.45, 2.75) is 18.6 Å². The lowest BCUT2D eigenvalue weighted by atomic mass is 10.1. The Hall–Kier alpha value is -0.450. The van der Waals surface area contributed by atoms with Crippen LogP contribution < -0.4 is 0 Å². The van der Waals surface area contributed by atoms with Gasteiger partial charge in [0.05, 0.1) is 19.3 Å². The van der Waals surface area contributed by atoms with Gasteiger partial charge in [-0.1, -0.05) is 0 Å². The standard InChI is InChI=1S/C6H10O4/c7-2-4-1-5(8)6(9)3-10-4/h4,6-7,9H,1-3H2/t4-,6?/m0/s1. The topological polar surface area (TPSA) is 66.8 Å². The number of hydrogen-bond acceptors (Lipinski definition) is 4. The van der Waals surface area contributed by atoms with Crippen LogP contribution in [0.3, 0.4) is 0 Å². The van der Waals surface area contributed by atoms with E-state index in [-0.39, 0.29) is 25.4 Å². The van der Waals surface area contributed by atoms with E-state index in [2.05, 4.69) is 0 Å². The highest BCUT2D eigenvalue weighted by atomic mass is 16.5. The summed E-state index contributed by atoms with van der Waals surface area (Å²) in [5, 5.41) is 17.4. The molecule has 1 aliphatic rings. The minimum Gasteiger partial charge on any atom is -0.394 e. The first-order valence-electron chi connectivity index (χ1n) is 3.17. The maximum atomic E-state index is 10.7. The predicted octanol–water partition coefficient (Wildman–Crippen LogP) is -1.30. The van der Waals surface area contributed by atoms with E-state index in [4.69, 9.17) is 14.9 Å². The largest absolute Gasteiger partial charge is 0.394 e. The molecule has 4 heteroatoms. The molecule has 10 heavy (non-hydrogen) atoms. The molecule has 1 saturated heterocycles. The molecule has 0 bridgehead atoms. The fourth-order valence-corrected chi connectivity index (χ4v) is 0.857. The van der Waals surface area contributed by atoms with Gasteiger partial charge >= 0.3 is 0 Å². The Morgan fingerprint density at radius 1 is 1.70 bits per heavy atom. The second kappa shape index (κ2) is 3.09. The molecule has 1 heterocycles. The number of ether oxygens (including phenoxy) is 1. The van der Waals surface area contributed by atoms with Crippen molar-refractivity contribution < 1.29 is 19.7 Å². The third kappa shape index (κ3) is 1.53. The second-order valence-electron chi connectivity index (χ2n) is 2.32. The number of aliphatic hydroxyl groups is 2. The average Bonchev–Trinajstić information content (AvgIpc) is 1.95. The number of hydrogen-bond donors (Lipinski definition) is 2. The molecule has 1 fully saturated rings. The van der Waals surface area contributed by atoms with Gasteiger partial charge in [0.1, 0.15) is 6.10 Å². The van der Waals surface area contributed by atoms with Gasteiger partial charge in [0, 0.05) is 6.42 Å². The fourth-order valence-electron chi connectivity index (χ4n) is 0.857. The van der Waals surface area contributed by atoms with Crippen molar-refractivity contribution in [3.8, 4) is 0 Å². The van der Waals surface area contributed by atoms with E-state index in [1.165, 1.54) is 0 Å². The number of Topliss-reactive ketones (excluding diaryl/α,β-unsaturated/α-hetero) is 1. The van der Waals surface area contributed by atoms with Crippen molar-refractivity contribution in [1.82, 2.24) is 0 Å². The fraction of sp³-hybridized carbons (Fsp3) is 0.833. The van der Waals surface area contributed by atoms with Gasteiger partial charge in [-0.15, -0.1) is 0 Å². The monoisotopic (exact) mass is 146 g/mol. The van der Waals surface area contributed by atoms with Crippen molar-refractivity contribution in [3.63, 3.8) is 0 Å². The van der Waals surface area contributed by atoms with Gasteiger partial charge in [0.15, 0.2) is 5.78 Å². The van der Waals surface area contributed by atoms with Gasteiger partial charge < -0.3 is 14.9 Å². The molecule has 0 spiro atoms. The zero-order chi connectivity index (χ0) is 7.56. The average molecular weight is 146 g/mol. The van der Waals surface area contributed by atoms with Crippen LogP contribution in [0.4, 0.5) is 0 Å². The van der Waals surface area contributed by atoms with Crippen molar-refractivity contribution in [2.75, 3.05) is 13.2 Å². The lowest BCUT2D eigenvalue weighted by molar-refractivity contribution is -0.145. The van der Waals surface area contributed by atoms with Crippen LogP contribution in [0.5, 0.6) is 0 Å². The van der Waals surface area contributed by atoms with Crippen molar-refractivity contribution in [2.24, 2.45) is 0 Å². The van der Waals surface area contributed by atoms with E-state index >= 15 is 0 Å². The molecule has 0 aromatic heterocycles. The smallest absolute Gasteiger partial charge is 0.166 e. The summed E-state index contributed by atoms with van der Waals surface area (Å²) in [5.41, 5.74) is 0. The summed E-state index contributed by atoms with van der Waals surface area (Å²) in [6.07, 6.45) is -1.27. The van der Waals surface area contributed by atoms with Crippen LogP contribution in [0.25, 0.3) is 0 Å². The molecule has 4 nitrogen and oxygen atoms in total. The van der Waals surface area contributed by atoms with Crippen LogP contribution in [0.1, 0.15) is 6.42 Å². The number of aliphatic hydroxyl groups excluding tert-OH is 2. The number of carbonyl (C=O) groups excluding carboxylic acids is 1. The molecule has 58 valence electrons. The van der Waals surface area contributed by atoms with Crippen LogP contribution >= 0.6 is 0 Å². The first-order valence-corrected chi connectivity index (χ1v) is 3.17. The molecular weight excluding hydrogens is 136 g/mol. The summed E-state index contributed by atoms with van der Waals surface area (Å²) in [4.78, 5) is 10.7. The van der Waals surface area contributed by atoms with Crippen LogP contribution in [-0.4, -0.2) is 41.4 Å². The predicted molar refractivity (Wildman–Crippen MR) is 32.5 cm³/mol. The highest BCUT2D eigenvalue weighted by Crippen LogP contribution is 2.08. The van der Waals surface area contributed by atoms with Crippen molar-refractivity contribution >= 4 is 5.78 Å². The van der Waals surface area contributed by atoms with Crippen molar-refractivity contribution in [1.29, 1.82) is 0 Å². The zero-order valence-corrected chi connectivity index (χ0v) is 5.49. The molecule has 1 aliphatic heterocycles. The van der Waals surface area contributed by atoms with Gasteiger partial charge in [-0.3, -0.25) is 4.79 Å². The van der Waals surface area contributed by atoms with E-state index in [1.54, 1.807) is 0 Å². The molecule has 0 aromatic carbocycles. The van der Waals surface area contributed by atoms with E-state index in [0.29, 0.717) is 0 Å². The maximum absolute atomic E-state index is 10.7. The number of ketones is 1. The van der Waals surface area contributed by atoms with Gasteiger partial charge in [-0.25, -0.2) is 0 Å². The molecule has 0 aliphatic carbocycles. The molecule has 1 unspecified atom stereocenters. The maximum Gasteiger partial charge on any atom is 0.166 e. The Balaban J connectivity index is 2.41. The lowest BCUT2D eigenvalue weighted by Gasteiger charge is -2.23. The highest BCUT2D eigenvalue weighted by Gasteiger charge is 2.26. The Bertz CT molecular complexity index is 134. The van der Waals surface area contributed by atoms with Gasteiger partial charge in [-0.2, -0.15) is 0 Å². The third-order valence-electron chi connectivity index (χ3n) is 1.49. The molecule has 2 N–H and O–H groups in total. The van der Waals surface area contributed by atoms with E-state index < -0.39 is 12.2 Å². The van der Waals surface area contributed by atoms with E-state index in [1.807, 2.05) is 0 Å². The Morgan fingerprint density at radius 2 is 2.40 bits per heavy atom. The van der Waals surface area contributed by atoms with Crippen molar-refractivity contribution in [3.05, 3.63) is 0 Å². The second-order valence-corrected chi connectivity index (χ2v) is 2.32. The SMILES string of the molecule is O=C1C[C@@H](CO)OCC1O. The zero-order valence-electron chi connectivity index (χ0n) is 5.49. The van der Waals surface area contributed by atoms with E-state index in [9.17, 15) is 4.79 Å². The molecule has 2 atom stereocenters. The summed E-state index contributed by atoms with van der Waals surface area (Å²) < 4.78 is 4.89. The Labute approximate surface area is 58.4 Å². The summed E-state index contributed by atoms with van der Waals surface area (Å²) in [6, 6.07) is 0. The molecule has 1 rings (SSSR count). The van der Waals surface area contributed by atoms with Crippen LogP contribution in [-0.2, 0) is 9.53 Å². The first-order chi connectivity index (χ1) is 4.74. The Morgan fingerprint density at radius 3 is 2.90 bits per heavy atom. The summed E-state index contributed by atoms with van der Waals surface area (Å²) in [6.45, 7) is -0.136. The molecule has 0 saturated carbocycles. The summed E-state index contributed by atoms with van der Waals surface area (Å²) in [5.74, 6) is -0.245. The molecule has 0 amide bonds. The molecule has 0 aromatic rings. The Kier molecular flexibility index (Phi) is 2.37. The highest BCUT2D eigenvalue weighted by molar-refractivity contribution is 5.83. The van der Waals surface area contributed by atoms with E-state index in [0.717, 1.165) is 0 Å². The molecule has 0 radical (unpaired) electrons. The first kappa shape index (κ1) is 7.65. The van der Waals surface area contributed by atoms with Gasteiger partial charge in [0.2, 0.25) is 0 Å². The lowest BCUT2D eigenvalue weighted by Crippen LogP contribution is -2.39. The minimum absolute atomic E-state index is 0.0179. The van der Waals surface area contributed by atoms with Crippen LogP contribution in [0.15, 0.2) is 0 Å². The summed E-state index contributed by atoms with van der Waals surface area (Å²) in [7, 11) is 0. The van der Waals surface area contributed by atoms with Gasteiger partial charge in [0.25, 0.3) is 0 Å². The normalized spacial score (nSPS) is 34.4. The number of carbonyl (C=O) groups is 1. The molecular formula is C6H10O4. The van der Waals surface area contributed by atoms with Crippen LogP contribution in [0.2, 0.25) is 0 Å². The van der Waals surface area contributed by atoms with Gasteiger partial charge in [-0.05, 0) is 0 Å². The minimum atomic E-state index is -0.984. The number of rotatable bonds is 1. The summed E-state index contributed by atoms with van der Waals surface area (Å²) >= 11 is 0. The van der Waals surface area contributed by atoms with Crippen LogP contribution in [0, 0.1) is 0 Å². The quantitative estimate of drug-likeness (QED) is 0.482. The third-order valence-corrected chi connectivity index (χ3v) is 1.49.